The molecule has 6 nitrogen and oxygen atoms in total. The molecule has 0 radical (unpaired) electrons. The highest BCUT2D eigenvalue weighted by molar-refractivity contribution is 5.76. The second-order valence-corrected chi connectivity index (χ2v) is 27.8. The molecule has 0 aromatic rings. The van der Waals surface area contributed by atoms with Crippen molar-refractivity contribution in [2.45, 2.75) is 475 Å². The van der Waals surface area contributed by atoms with Crippen LogP contribution in [0.1, 0.15) is 463 Å². The van der Waals surface area contributed by atoms with E-state index in [0.717, 1.165) is 44.9 Å². The van der Waals surface area contributed by atoms with E-state index >= 15 is 0 Å². The number of unbranched alkanes of at least 4 members (excludes halogenated alkanes) is 63. The summed E-state index contributed by atoms with van der Waals surface area (Å²) < 4.78 is 5.50. The van der Waals surface area contributed by atoms with Crippen molar-refractivity contribution in [2.75, 3.05) is 13.2 Å². The van der Waals surface area contributed by atoms with E-state index in [1.54, 1.807) is 0 Å². The Morgan fingerprint density at radius 2 is 0.547 bits per heavy atom. The van der Waals surface area contributed by atoms with Gasteiger partial charge in [0.25, 0.3) is 0 Å². The van der Waals surface area contributed by atoms with E-state index in [0.29, 0.717) is 25.9 Å². The van der Waals surface area contributed by atoms with E-state index in [-0.39, 0.29) is 18.5 Å². The number of allylic oxidation sites excluding steroid dienone is 2. The molecule has 2 unspecified atom stereocenters. The minimum Gasteiger partial charge on any atom is -0.466 e. The van der Waals surface area contributed by atoms with Crippen LogP contribution in [0, 0.1) is 0 Å². The van der Waals surface area contributed by atoms with E-state index in [1.807, 2.05) is 0 Å². The van der Waals surface area contributed by atoms with Gasteiger partial charge in [0, 0.05) is 12.8 Å². The number of aliphatic hydroxyl groups is 2. The van der Waals surface area contributed by atoms with Gasteiger partial charge < -0.3 is 20.3 Å². The number of rotatable bonds is 76. The topological polar surface area (TPSA) is 95.9 Å². The van der Waals surface area contributed by atoms with Crippen molar-refractivity contribution in [3.63, 3.8) is 0 Å². The number of hydrogen-bond donors (Lipinski definition) is 3. The zero-order chi connectivity index (χ0) is 62.0. The predicted octanol–water partition coefficient (Wildman–Crippen LogP) is 26.3. The highest BCUT2D eigenvalue weighted by Gasteiger charge is 2.20. The third-order valence-electron chi connectivity index (χ3n) is 19.1. The lowest BCUT2D eigenvalue weighted by atomic mass is 10.0. The van der Waals surface area contributed by atoms with Crippen LogP contribution in [0.3, 0.4) is 0 Å². The second kappa shape index (κ2) is 76.1. The maximum atomic E-state index is 12.6. The van der Waals surface area contributed by atoms with Crippen molar-refractivity contribution in [1.29, 1.82) is 0 Å². The molecule has 0 heterocycles. The Hall–Kier alpha value is -1.40. The number of ether oxygens (including phenoxy) is 1. The lowest BCUT2D eigenvalue weighted by Crippen LogP contribution is -2.45. The fourth-order valence-corrected chi connectivity index (χ4v) is 13.0. The van der Waals surface area contributed by atoms with Gasteiger partial charge in [0.2, 0.25) is 5.91 Å². The molecule has 1 amide bonds. The molecular formula is C80H157NO5. The van der Waals surface area contributed by atoms with Gasteiger partial charge in [-0.2, -0.15) is 0 Å². The monoisotopic (exact) mass is 1210 g/mol. The van der Waals surface area contributed by atoms with Crippen molar-refractivity contribution in [2.24, 2.45) is 0 Å². The summed E-state index contributed by atoms with van der Waals surface area (Å²) in [5, 5.41) is 23.5. The molecule has 0 fully saturated rings. The normalized spacial score (nSPS) is 12.5. The highest BCUT2D eigenvalue weighted by atomic mass is 16.5. The van der Waals surface area contributed by atoms with Crippen LogP contribution in [0.2, 0.25) is 0 Å². The van der Waals surface area contributed by atoms with Crippen LogP contribution in [-0.2, 0) is 14.3 Å². The Balaban J connectivity index is 3.33. The Morgan fingerprint density at radius 3 is 0.826 bits per heavy atom. The minimum atomic E-state index is -0.662. The third kappa shape index (κ3) is 71.7. The Kier molecular flexibility index (Phi) is 74.8. The van der Waals surface area contributed by atoms with Gasteiger partial charge in [-0.25, -0.2) is 0 Å². The molecule has 0 aromatic heterocycles. The van der Waals surface area contributed by atoms with Gasteiger partial charge in [0.15, 0.2) is 0 Å². The molecule has 0 bridgehead atoms. The largest absolute Gasteiger partial charge is 0.466 e. The summed E-state index contributed by atoms with van der Waals surface area (Å²) in [6, 6.07) is -0.539. The number of esters is 1. The van der Waals surface area contributed by atoms with Crippen molar-refractivity contribution < 1.29 is 24.5 Å². The van der Waals surface area contributed by atoms with Crippen molar-refractivity contribution in [3.8, 4) is 0 Å². The number of hydrogen-bond acceptors (Lipinski definition) is 5. The summed E-state index contributed by atoms with van der Waals surface area (Å²) in [6.45, 7) is 5.01. The van der Waals surface area contributed by atoms with Gasteiger partial charge in [-0.15, -0.1) is 0 Å². The van der Waals surface area contributed by atoms with Gasteiger partial charge in [-0.05, 0) is 51.4 Å². The molecule has 6 heteroatoms. The molecule has 0 aromatic carbocycles. The van der Waals surface area contributed by atoms with E-state index in [4.69, 9.17) is 4.74 Å². The van der Waals surface area contributed by atoms with Gasteiger partial charge in [0.1, 0.15) is 0 Å². The molecule has 512 valence electrons. The van der Waals surface area contributed by atoms with Crippen molar-refractivity contribution in [3.05, 3.63) is 12.2 Å². The van der Waals surface area contributed by atoms with Gasteiger partial charge in [0.05, 0.1) is 25.4 Å². The first kappa shape index (κ1) is 84.6. The molecule has 0 saturated heterocycles. The van der Waals surface area contributed by atoms with Crippen LogP contribution < -0.4 is 5.32 Å². The average Bonchev–Trinajstić information content (AvgIpc) is 3.54. The fraction of sp³-hybridized carbons (Fsp3) is 0.950. The quantitative estimate of drug-likeness (QED) is 0.0320. The zero-order valence-electron chi connectivity index (χ0n) is 58.8. The third-order valence-corrected chi connectivity index (χ3v) is 19.1. The Morgan fingerprint density at radius 1 is 0.314 bits per heavy atom. The van der Waals surface area contributed by atoms with E-state index in [9.17, 15) is 19.8 Å². The molecule has 86 heavy (non-hydrogen) atoms. The molecule has 0 aliphatic carbocycles. The first-order chi connectivity index (χ1) is 42.5. The zero-order valence-corrected chi connectivity index (χ0v) is 58.8. The van der Waals surface area contributed by atoms with Crippen LogP contribution >= 0.6 is 0 Å². The smallest absolute Gasteiger partial charge is 0.305 e. The van der Waals surface area contributed by atoms with Gasteiger partial charge in [-0.1, -0.05) is 411 Å². The van der Waals surface area contributed by atoms with Crippen LogP contribution in [0.15, 0.2) is 12.2 Å². The van der Waals surface area contributed by atoms with E-state index < -0.39 is 12.1 Å². The maximum Gasteiger partial charge on any atom is 0.305 e. The van der Waals surface area contributed by atoms with Crippen LogP contribution in [0.4, 0.5) is 0 Å². The SMILES string of the molecule is CCCCCCCCC/C=C\CCCCCCCC(=O)OCCCCCCCCCCCCCCCCCCCCCCCCCCCCCCCCCC(=O)NC(CO)C(O)CCCCCCCCCCCCCCCCCCCCCCCC. The first-order valence-corrected chi connectivity index (χ1v) is 39.9. The number of aliphatic hydroxyl groups excluding tert-OH is 2. The summed E-state index contributed by atoms with van der Waals surface area (Å²) in [7, 11) is 0. The summed E-state index contributed by atoms with van der Waals surface area (Å²) in [4.78, 5) is 24.7. The molecule has 2 atom stereocenters. The number of amides is 1. The maximum absolute atomic E-state index is 12.6. The molecule has 3 N–H and O–H groups in total. The lowest BCUT2D eigenvalue weighted by molar-refractivity contribution is -0.143. The average molecular weight is 1210 g/mol. The highest BCUT2D eigenvalue weighted by Crippen LogP contribution is 2.20. The summed E-state index contributed by atoms with van der Waals surface area (Å²) in [5.74, 6) is -0.0103. The Bertz CT molecular complexity index is 1300. The van der Waals surface area contributed by atoms with Crippen LogP contribution in [0.25, 0.3) is 0 Å². The summed E-state index contributed by atoms with van der Waals surface area (Å²) >= 11 is 0. The first-order valence-electron chi connectivity index (χ1n) is 39.9. The van der Waals surface area contributed by atoms with Crippen molar-refractivity contribution >= 4 is 11.9 Å². The molecule has 0 aliphatic heterocycles. The van der Waals surface area contributed by atoms with Crippen molar-refractivity contribution in [1.82, 2.24) is 5.32 Å². The summed E-state index contributed by atoms with van der Waals surface area (Å²) in [6.07, 6.45) is 95.9. The molecule has 0 rings (SSSR count). The van der Waals surface area contributed by atoms with E-state index in [2.05, 4.69) is 31.3 Å². The lowest BCUT2D eigenvalue weighted by Gasteiger charge is -2.22. The number of carbonyl (C=O) groups is 2. The standard InChI is InChI=1S/C80H157NO5/c1-3-5-7-9-11-13-15-17-19-21-22-23-35-38-41-44-48-52-56-60-64-68-72-78(83)77(76-82)81-79(84)73-69-65-61-57-53-49-45-42-39-36-33-31-29-27-25-24-26-28-30-32-34-37-40-43-47-51-55-59-63-67-71-75-86-80(85)74-70-66-62-58-54-50-46-20-18-16-14-12-10-8-6-4-2/h20,46,77-78,82-83H,3-19,21-45,47-76H2,1-2H3,(H,81,84)/b46-20-. The van der Waals surface area contributed by atoms with E-state index in [1.165, 1.54) is 385 Å². The van der Waals surface area contributed by atoms with Crippen LogP contribution in [-0.4, -0.2) is 47.4 Å². The predicted molar refractivity (Wildman–Crippen MR) is 380 cm³/mol. The van der Waals surface area contributed by atoms with Gasteiger partial charge in [-0.3, -0.25) is 9.59 Å². The Labute approximate surface area is 539 Å². The number of carbonyl (C=O) groups excluding carboxylic acids is 2. The molecule has 0 aliphatic rings. The van der Waals surface area contributed by atoms with Crippen LogP contribution in [0.5, 0.6) is 0 Å². The summed E-state index contributed by atoms with van der Waals surface area (Å²) in [5.41, 5.74) is 0. The fourth-order valence-electron chi connectivity index (χ4n) is 13.0. The van der Waals surface area contributed by atoms with Gasteiger partial charge >= 0.3 is 5.97 Å². The number of nitrogens with one attached hydrogen (secondary N) is 1. The second-order valence-electron chi connectivity index (χ2n) is 27.8. The molecule has 0 spiro atoms. The minimum absolute atomic E-state index is 0.0146. The molecular weight excluding hydrogens is 1050 g/mol. The molecule has 0 saturated carbocycles.